The van der Waals surface area contributed by atoms with Gasteiger partial charge in [-0.3, -0.25) is 0 Å². The minimum absolute atomic E-state index is 0.0888. The third kappa shape index (κ3) is 6.11. The molecule has 7 heteroatoms. The molecule has 1 aromatic carbocycles. The molecule has 0 aliphatic rings. The minimum atomic E-state index is -2.96. The summed E-state index contributed by atoms with van der Waals surface area (Å²) in [5.74, 6) is 0.909. The van der Waals surface area contributed by atoms with Crippen molar-refractivity contribution in [3.63, 3.8) is 0 Å². The SMILES string of the molecule is CCOc1c(Br)cc(CNC(C)CS(C)(=O)=O)cc1Br. The molecule has 114 valence electrons. The fraction of sp³-hybridized carbons (Fsp3) is 0.538. The van der Waals surface area contributed by atoms with Crippen molar-refractivity contribution >= 4 is 41.7 Å². The van der Waals surface area contributed by atoms with E-state index < -0.39 is 9.84 Å². The summed E-state index contributed by atoms with van der Waals surface area (Å²) in [6, 6.07) is 3.85. The zero-order valence-electron chi connectivity index (χ0n) is 11.7. The van der Waals surface area contributed by atoms with E-state index in [1.807, 2.05) is 26.0 Å². The van der Waals surface area contributed by atoms with E-state index in [9.17, 15) is 8.42 Å². The molecule has 4 nitrogen and oxygen atoms in total. The second-order valence-corrected chi connectivity index (χ2v) is 8.59. The van der Waals surface area contributed by atoms with Crippen molar-refractivity contribution in [2.45, 2.75) is 26.4 Å². The molecule has 0 saturated carbocycles. The third-order valence-electron chi connectivity index (χ3n) is 2.55. The first-order valence-electron chi connectivity index (χ1n) is 6.24. The summed E-state index contributed by atoms with van der Waals surface area (Å²) in [7, 11) is -2.96. The van der Waals surface area contributed by atoms with Gasteiger partial charge in [0.05, 0.1) is 21.3 Å². The van der Waals surface area contributed by atoms with E-state index >= 15 is 0 Å². The highest BCUT2D eigenvalue weighted by atomic mass is 79.9. The Bertz CT molecular complexity index is 538. The molecular weight excluding hydrogens is 410 g/mol. The van der Waals surface area contributed by atoms with Crippen molar-refractivity contribution in [1.82, 2.24) is 5.32 Å². The Morgan fingerprint density at radius 1 is 1.30 bits per heavy atom. The van der Waals surface area contributed by atoms with Gasteiger partial charge < -0.3 is 10.1 Å². The highest BCUT2D eigenvalue weighted by molar-refractivity contribution is 9.11. The quantitative estimate of drug-likeness (QED) is 0.724. The Hall–Kier alpha value is -0.110. The first-order chi connectivity index (χ1) is 9.23. The Morgan fingerprint density at radius 2 is 1.85 bits per heavy atom. The van der Waals surface area contributed by atoms with Gasteiger partial charge in [-0.15, -0.1) is 0 Å². The molecule has 1 rings (SSSR count). The van der Waals surface area contributed by atoms with Crippen LogP contribution in [-0.4, -0.2) is 33.1 Å². The van der Waals surface area contributed by atoms with Gasteiger partial charge in [0.2, 0.25) is 0 Å². The van der Waals surface area contributed by atoms with Gasteiger partial charge in [0.15, 0.2) is 0 Å². The molecule has 0 aliphatic carbocycles. The zero-order chi connectivity index (χ0) is 15.3. The lowest BCUT2D eigenvalue weighted by atomic mass is 10.2. The van der Waals surface area contributed by atoms with Crippen molar-refractivity contribution in [3.8, 4) is 5.75 Å². The maximum atomic E-state index is 11.2. The topological polar surface area (TPSA) is 55.4 Å². The maximum absolute atomic E-state index is 11.2. The standard InChI is InChI=1S/C13H19Br2NO3S/c1-4-19-13-11(14)5-10(6-12(13)15)7-16-9(2)8-20(3,17)18/h5-6,9,16H,4,7-8H2,1-3H3. The van der Waals surface area contributed by atoms with Crippen molar-refractivity contribution in [2.24, 2.45) is 0 Å². The molecule has 20 heavy (non-hydrogen) atoms. The molecule has 0 spiro atoms. The van der Waals surface area contributed by atoms with Crippen LogP contribution in [0.3, 0.4) is 0 Å². The van der Waals surface area contributed by atoms with Crippen LogP contribution < -0.4 is 10.1 Å². The zero-order valence-corrected chi connectivity index (χ0v) is 15.7. The molecular formula is C13H19Br2NO3S. The molecule has 1 aromatic rings. The molecule has 0 heterocycles. The van der Waals surface area contributed by atoms with Crippen LogP contribution >= 0.6 is 31.9 Å². The molecule has 0 saturated heterocycles. The van der Waals surface area contributed by atoms with Crippen LogP contribution in [0.25, 0.3) is 0 Å². The molecule has 0 aliphatic heterocycles. The van der Waals surface area contributed by atoms with E-state index in [1.54, 1.807) is 0 Å². The van der Waals surface area contributed by atoms with Gasteiger partial charge in [-0.2, -0.15) is 0 Å². The van der Waals surface area contributed by atoms with Gasteiger partial charge in [-0.05, 0) is 63.4 Å². The largest absolute Gasteiger partial charge is 0.492 e. The second-order valence-electron chi connectivity index (χ2n) is 4.70. The molecule has 0 amide bonds. The normalized spacial score (nSPS) is 13.2. The highest BCUT2D eigenvalue weighted by Gasteiger charge is 2.12. The summed E-state index contributed by atoms with van der Waals surface area (Å²) in [4.78, 5) is 0. The summed E-state index contributed by atoms with van der Waals surface area (Å²) in [6.07, 6.45) is 1.25. The van der Waals surface area contributed by atoms with Gasteiger partial charge in [0.1, 0.15) is 15.6 Å². The monoisotopic (exact) mass is 427 g/mol. The number of hydrogen-bond donors (Lipinski definition) is 1. The number of rotatable bonds is 7. The van der Waals surface area contributed by atoms with E-state index in [0.717, 1.165) is 20.3 Å². The Morgan fingerprint density at radius 3 is 2.30 bits per heavy atom. The molecule has 1 unspecified atom stereocenters. The van der Waals surface area contributed by atoms with Crippen LogP contribution in [0.5, 0.6) is 5.75 Å². The Kier molecular flexibility index (Phi) is 6.97. The average molecular weight is 429 g/mol. The Balaban J connectivity index is 2.70. The molecule has 0 aromatic heterocycles. The summed E-state index contributed by atoms with van der Waals surface area (Å²) >= 11 is 6.95. The first kappa shape index (κ1) is 17.9. The fourth-order valence-corrected chi connectivity index (χ4v) is 4.34. The van der Waals surface area contributed by atoms with E-state index in [4.69, 9.17) is 4.74 Å². The van der Waals surface area contributed by atoms with Crippen molar-refractivity contribution < 1.29 is 13.2 Å². The number of sulfone groups is 1. The predicted octanol–water partition coefficient (Wildman–Crippen LogP) is 3.13. The van der Waals surface area contributed by atoms with Crippen LogP contribution in [0.2, 0.25) is 0 Å². The number of hydrogen-bond acceptors (Lipinski definition) is 4. The van der Waals surface area contributed by atoms with Gasteiger partial charge >= 0.3 is 0 Å². The van der Waals surface area contributed by atoms with Crippen LogP contribution in [-0.2, 0) is 16.4 Å². The second kappa shape index (κ2) is 7.77. The molecule has 0 radical (unpaired) electrons. The van der Waals surface area contributed by atoms with Gasteiger partial charge in [0, 0.05) is 18.8 Å². The lowest BCUT2D eigenvalue weighted by Gasteiger charge is -2.15. The fourth-order valence-electron chi connectivity index (χ4n) is 1.80. The van der Waals surface area contributed by atoms with Crippen molar-refractivity contribution in [2.75, 3.05) is 18.6 Å². The third-order valence-corrected chi connectivity index (χ3v) is 4.84. The van der Waals surface area contributed by atoms with Gasteiger partial charge in [-0.1, -0.05) is 0 Å². The Labute approximate surface area is 137 Å². The van der Waals surface area contributed by atoms with E-state index in [1.165, 1.54) is 6.26 Å². The van der Waals surface area contributed by atoms with Crippen LogP contribution in [0, 0.1) is 0 Å². The molecule has 1 N–H and O–H groups in total. The van der Waals surface area contributed by atoms with Crippen LogP contribution in [0.15, 0.2) is 21.1 Å². The van der Waals surface area contributed by atoms with Gasteiger partial charge in [-0.25, -0.2) is 8.42 Å². The van der Waals surface area contributed by atoms with Gasteiger partial charge in [0.25, 0.3) is 0 Å². The van der Waals surface area contributed by atoms with E-state index in [0.29, 0.717) is 13.2 Å². The summed E-state index contributed by atoms with van der Waals surface area (Å²) in [5, 5.41) is 3.20. The lowest BCUT2D eigenvalue weighted by Crippen LogP contribution is -2.32. The molecule has 0 fully saturated rings. The predicted molar refractivity (Wildman–Crippen MR) is 89.0 cm³/mol. The van der Waals surface area contributed by atoms with Crippen LogP contribution in [0.4, 0.5) is 0 Å². The average Bonchev–Trinajstić information content (AvgIpc) is 2.29. The van der Waals surface area contributed by atoms with Crippen molar-refractivity contribution in [3.05, 3.63) is 26.6 Å². The number of ether oxygens (including phenoxy) is 1. The van der Waals surface area contributed by atoms with E-state index in [-0.39, 0.29) is 11.8 Å². The van der Waals surface area contributed by atoms with E-state index in [2.05, 4.69) is 37.2 Å². The maximum Gasteiger partial charge on any atom is 0.148 e. The first-order valence-corrected chi connectivity index (χ1v) is 9.89. The summed E-state index contributed by atoms with van der Waals surface area (Å²) < 4.78 is 29.7. The summed E-state index contributed by atoms with van der Waals surface area (Å²) in [5.41, 5.74) is 1.05. The minimum Gasteiger partial charge on any atom is -0.492 e. The smallest absolute Gasteiger partial charge is 0.148 e. The summed E-state index contributed by atoms with van der Waals surface area (Å²) in [6.45, 7) is 4.99. The highest BCUT2D eigenvalue weighted by Crippen LogP contribution is 2.34. The molecule has 0 bridgehead atoms. The number of nitrogens with one attached hydrogen (secondary N) is 1. The number of benzene rings is 1. The van der Waals surface area contributed by atoms with Crippen molar-refractivity contribution in [1.29, 1.82) is 0 Å². The number of halogens is 2. The lowest BCUT2D eigenvalue weighted by molar-refractivity contribution is 0.336. The molecule has 1 atom stereocenters. The van der Waals surface area contributed by atoms with Crippen LogP contribution in [0.1, 0.15) is 19.4 Å².